The summed E-state index contributed by atoms with van der Waals surface area (Å²) in [5.41, 5.74) is 2.58. The number of carbonyl (C=O) groups is 2. The van der Waals surface area contributed by atoms with Gasteiger partial charge in [-0.2, -0.15) is 0 Å². The zero-order valence-corrected chi connectivity index (χ0v) is 10.7. The summed E-state index contributed by atoms with van der Waals surface area (Å²) in [5, 5.41) is 11.8. The fourth-order valence-electron chi connectivity index (χ4n) is 3.25. The Morgan fingerprint density at radius 3 is 2.84 bits per heavy atom. The first-order chi connectivity index (χ1) is 9.14. The molecule has 1 spiro atoms. The van der Waals surface area contributed by atoms with Gasteiger partial charge in [-0.05, 0) is 42.9 Å². The van der Waals surface area contributed by atoms with Gasteiger partial charge in [0.05, 0.1) is 5.41 Å². The highest BCUT2D eigenvalue weighted by atomic mass is 16.3. The summed E-state index contributed by atoms with van der Waals surface area (Å²) in [5.74, 6) is -0.115. The molecule has 0 saturated carbocycles. The molecular formula is C15H17NO3. The van der Waals surface area contributed by atoms with E-state index in [2.05, 4.69) is 5.32 Å². The lowest BCUT2D eigenvalue weighted by atomic mass is 9.70. The van der Waals surface area contributed by atoms with E-state index in [4.69, 9.17) is 5.11 Å². The van der Waals surface area contributed by atoms with Crippen LogP contribution in [0.15, 0.2) is 18.2 Å². The minimum atomic E-state index is -0.468. The Labute approximate surface area is 111 Å². The van der Waals surface area contributed by atoms with Crippen molar-refractivity contribution in [2.45, 2.75) is 25.7 Å². The van der Waals surface area contributed by atoms with Gasteiger partial charge in [-0.1, -0.05) is 12.1 Å². The van der Waals surface area contributed by atoms with Gasteiger partial charge in [-0.15, -0.1) is 0 Å². The summed E-state index contributed by atoms with van der Waals surface area (Å²) < 4.78 is 0. The van der Waals surface area contributed by atoms with Crippen LogP contribution in [0.5, 0.6) is 0 Å². The normalized spacial score (nSPS) is 25.2. The molecule has 1 amide bonds. The summed E-state index contributed by atoms with van der Waals surface area (Å²) in [4.78, 5) is 23.6. The molecule has 1 fully saturated rings. The standard InChI is InChI=1S/C15H17NO3/c17-9-13(18)11-2-1-10-3-4-15(8-12(10)7-11)5-6-16-14(15)19/h1-2,7,17H,3-6,8-9H2,(H,16,19)/t15-/m1/s1. The average Bonchev–Trinajstić information content (AvgIpc) is 2.78. The van der Waals surface area contributed by atoms with E-state index >= 15 is 0 Å². The number of Topliss-reactive ketones (excluding diaryl/α,β-unsaturated/α-hetero) is 1. The highest BCUT2D eigenvalue weighted by Crippen LogP contribution is 2.41. The van der Waals surface area contributed by atoms with E-state index < -0.39 is 6.61 Å². The second-order valence-corrected chi connectivity index (χ2v) is 5.53. The van der Waals surface area contributed by atoms with Gasteiger partial charge in [0, 0.05) is 12.1 Å². The lowest BCUT2D eigenvalue weighted by molar-refractivity contribution is -0.128. The SMILES string of the molecule is O=C(CO)c1ccc2c(c1)C[C@]1(CCNC1=O)CC2. The van der Waals surface area contributed by atoms with Crippen molar-refractivity contribution < 1.29 is 14.7 Å². The van der Waals surface area contributed by atoms with Crippen molar-refractivity contribution >= 4 is 11.7 Å². The van der Waals surface area contributed by atoms with Gasteiger partial charge in [0.2, 0.25) is 5.91 Å². The smallest absolute Gasteiger partial charge is 0.226 e. The summed E-state index contributed by atoms with van der Waals surface area (Å²) >= 11 is 0. The van der Waals surface area contributed by atoms with E-state index in [1.807, 2.05) is 12.1 Å². The topological polar surface area (TPSA) is 66.4 Å². The first-order valence-electron chi connectivity index (χ1n) is 6.69. The first-order valence-corrected chi connectivity index (χ1v) is 6.69. The molecule has 1 heterocycles. The molecule has 1 atom stereocenters. The number of aryl methyl sites for hydroxylation is 1. The van der Waals surface area contributed by atoms with Gasteiger partial charge in [0.15, 0.2) is 5.78 Å². The number of hydrogen-bond donors (Lipinski definition) is 2. The molecule has 1 saturated heterocycles. The van der Waals surface area contributed by atoms with Crippen LogP contribution in [-0.4, -0.2) is 29.9 Å². The monoisotopic (exact) mass is 259 g/mol. The molecule has 100 valence electrons. The van der Waals surface area contributed by atoms with Crippen molar-refractivity contribution in [2.75, 3.05) is 13.2 Å². The second-order valence-electron chi connectivity index (χ2n) is 5.53. The third kappa shape index (κ3) is 1.96. The molecule has 4 nitrogen and oxygen atoms in total. The minimum absolute atomic E-state index is 0.150. The maximum Gasteiger partial charge on any atom is 0.226 e. The summed E-state index contributed by atoms with van der Waals surface area (Å²) in [6.45, 7) is 0.286. The highest BCUT2D eigenvalue weighted by molar-refractivity contribution is 5.97. The van der Waals surface area contributed by atoms with Gasteiger partial charge < -0.3 is 10.4 Å². The van der Waals surface area contributed by atoms with Crippen LogP contribution in [0.3, 0.4) is 0 Å². The van der Waals surface area contributed by atoms with Crippen LogP contribution in [0.1, 0.15) is 34.3 Å². The minimum Gasteiger partial charge on any atom is -0.388 e. The van der Waals surface area contributed by atoms with Crippen molar-refractivity contribution in [1.29, 1.82) is 0 Å². The van der Waals surface area contributed by atoms with E-state index in [1.54, 1.807) is 6.07 Å². The Bertz CT molecular complexity index is 552. The molecule has 2 N–H and O–H groups in total. The maximum absolute atomic E-state index is 12.0. The van der Waals surface area contributed by atoms with Gasteiger partial charge in [-0.3, -0.25) is 9.59 Å². The van der Waals surface area contributed by atoms with Crippen LogP contribution >= 0.6 is 0 Å². The molecule has 0 bridgehead atoms. The summed E-state index contributed by atoms with van der Waals surface area (Å²) in [6, 6.07) is 5.57. The Hall–Kier alpha value is -1.68. The Kier molecular flexibility index (Phi) is 2.90. The van der Waals surface area contributed by atoms with Crippen LogP contribution in [-0.2, 0) is 17.6 Å². The molecule has 1 aromatic carbocycles. The van der Waals surface area contributed by atoms with Crippen molar-refractivity contribution in [3.63, 3.8) is 0 Å². The molecule has 3 rings (SSSR count). The van der Waals surface area contributed by atoms with E-state index in [0.717, 1.165) is 31.4 Å². The number of amides is 1. The Morgan fingerprint density at radius 2 is 2.16 bits per heavy atom. The fraction of sp³-hybridized carbons (Fsp3) is 0.467. The molecule has 1 aliphatic carbocycles. The molecule has 1 aromatic rings. The highest BCUT2D eigenvalue weighted by Gasteiger charge is 2.44. The molecule has 19 heavy (non-hydrogen) atoms. The third-order valence-corrected chi connectivity index (χ3v) is 4.44. The molecule has 0 unspecified atom stereocenters. The second kappa shape index (κ2) is 4.46. The zero-order chi connectivity index (χ0) is 13.5. The lowest BCUT2D eigenvalue weighted by Crippen LogP contribution is -2.36. The third-order valence-electron chi connectivity index (χ3n) is 4.44. The van der Waals surface area contributed by atoms with Gasteiger partial charge in [-0.25, -0.2) is 0 Å². The van der Waals surface area contributed by atoms with Crippen molar-refractivity contribution in [3.05, 3.63) is 34.9 Å². The molecule has 0 radical (unpaired) electrons. The average molecular weight is 259 g/mol. The quantitative estimate of drug-likeness (QED) is 0.774. The Morgan fingerprint density at radius 1 is 1.32 bits per heavy atom. The number of rotatable bonds is 2. The van der Waals surface area contributed by atoms with Gasteiger partial charge >= 0.3 is 0 Å². The zero-order valence-electron chi connectivity index (χ0n) is 10.7. The van der Waals surface area contributed by atoms with E-state index in [0.29, 0.717) is 12.0 Å². The van der Waals surface area contributed by atoms with Gasteiger partial charge in [0.1, 0.15) is 6.61 Å². The van der Waals surface area contributed by atoms with Crippen LogP contribution in [0.25, 0.3) is 0 Å². The van der Waals surface area contributed by atoms with E-state index in [-0.39, 0.29) is 17.1 Å². The van der Waals surface area contributed by atoms with E-state index in [1.165, 1.54) is 5.56 Å². The molecule has 4 heteroatoms. The number of fused-ring (bicyclic) bond motifs is 1. The largest absolute Gasteiger partial charge is 0.388 e. The van der Waals surface area contributed by atoms with Crippen LogP contribution in [0.4, 0.5) is 0 Å². The molecule has 1 aliphatic heterocycles. The van der Waals surface area contributed by atoms with Crippen LogP contribution < -0.4 is 5.32 Å². The number of nitrogens with one attached hydrogen (secondary N) is 1. The number of aliphatic hydroxyl groups is 1. The summed E-state index contributed by atoms with van der Waals surface area (Å²) in [7, 11) is 0. The maximum atomic E-state index is 12.0. The molecule has 2 aliphatic rings. The van der Waals surface area contributed by atoms with Gasteiger partial charge in [0.25, 0.3) is 0 Å². The van der Waals surface area contributed by atoms with E-state index in [9.17, 15) is 9.59 Å². The van der Waals surface area contributed by atoms with Crippen molar-refractivity contribution in [3.8, 4) is 0 Å². The molecular weight excluding hydrogens is 242 g/mol. The molecule has 0 aromatic heterocycles. The predicted molar refractivity (Wildman–Crippen MR) is 69.9 cm³/mol. The summed E-state index contributed by atoms with van der Waals surface area (Å²) in [6.07, 6.45) is 3.36. The number of hydrogen-bond acceptors (Lipinski definition) is 3. The number of carbonyl (C=O) groups excluding carboxylic acids is 2. The predicted octanol–water partition coefficient (Wildman–Crippen LogP) is 0.857. The number of benzene rings is 1. The number of ketones is 1. The van der Waals surface area contributed by atoms with Crippen molar-refractivity contribution in [1.82, 2.24) is 5.32 Å². The Balaban J connectivity index is 1.95. The van der Waals surface area contributed by atoms with Crippen LogP contribution in [0.2, 0.25) is 0 Å². The number of aliphatic hydroxyl groups excluding tert-OH is 1. The fourth-order valence-corrected chi connectivity index (χ4v) is 3.25. The van der Waals surface area contributed by atoms with Crippen LogP contribution in [0, 0.1) is 5.41 Å². The first kappa shape index (κ1) is 12.4. The van der Waals surface area contributed by atoms with Crippen molar-refractivity contribution in [2.24, 2.45) is 5.41 Å². The lowest BCUT2D eigenvalue weighted by Gasteiger charge is -2.32.